The minimum atomic E-state index is -1.43. The summed E-state index contributed by atoms with van der Waals surface area (Å²) in [5, 5.41) is 5.30. The van der Waals surface area contributed by atoms with E-state index in [0.29, 0.717) is 22.0 Å². The molecule has 5 nitrogen and oxygen atoms in total. The van der Waals surface area contributed by atoms with E-state index in [-0.39, 0.29) is 17.8 Å². The molecule has 0 aliphatic carbocycles. The average molecular weight is 499 g/mol. The Morgan fingerprint density at radius 3 is 2.71 bits per heavy atom. The van der Waals surface area contributed by atoms with Gasteiger partial charge in [-0.15, -0.1) is 0 Å². The Balaban J connectivity index is 1.56. The van der Waals surface area contributed by atoms with E-state index >= 15 is 0 Å². The van der Waals surface area contributed by atoms with Crippen molar-refractivity contribution in [3.05, 3.63) is 98.7 Å². The van der Waals surface area contributed by atoms with Gasteiger partial charge in [-0.2, -0.15) is 5.01 Å². The van der Waals surface area contributed by atoms with Crippen LogP contribution in [-0.2, 0) is 10.5 Å². The van der Waals surface area contributed by atoms with E-state index in [0.717, 1.165) is 21.3 Å². The fourth-order valence-corrected chi connectivity index (χ4v) is 4.93. The number of benzene rings is 3. The summed E-state index contributed by atoms with van der Waals surface area (Å²) in [7, 11) is 0. The predicted octanol–water partition coefficient (Wildman–Crippen LogP) is 5.34. The number of carbonyl (C=O) groups excluding carboxylic acids is 1. The van der Waals surface area contributed by atoms with Gasteiger partial charge in [0, 0.05) is 20.6 Å². The van der Waals surface area contributed by atoms with Crippen LogP contribution in [0.5, 0.6) is 5.75 Å². The molecule has 1 amide bonds. The second-order valence-electron chi connectivity index (χ2n) is 7.59. The molecule has 154 valence electrons. The number of nitrogens with zero attached hydrogens (tertiary/aromatic N) is 1. The number of hydrogen-bond acceptors (Lipinski definition) is 4. The molecular formula is C23H14BrClFN3O2. The molecule has 8 heteroatoms. The molecular weight excluding hydrogens is 485 g/mol. The van der Waals surface area contributed by atoms with E-state index in [4.69, 9.17) is 16.3 Å². The number of rotatable bonds is 1. The molecule has 2 unspecified atom stereocenters. The van der Waals surface area contributed by atoms with Gasteiger partial charge in [0.15, 0.2) is 0 Å². The normalized spacial score (nSPS) is 23.4. The van der Waals surface area contributed by atoms with E-state index in [1.165, 1.54) is 12.1 Å². The van der Waals surface area contributed by atoms with Gasteiger partial charge in [0.05, 0.1) is 17.4 Å². The third-order valence-electron chi connectivity index (χ3n) is 5.79. The van der Waals surface area contributed by atoms with Crippen LogP contribution in [0.15, 0.2) is 71.2 Å². The molecule has 1 spiro atoms. The first-order chi connectivity index (χ1) is 15.0. The number of hydrogen-bond donors (Lipinski definition) is 2. The Kier molecular flexibility index (Phi) is 3.99. The van der Waals surface area contributed by atoms with Crippen molar-refractivity contribution in [1.29, 1.82) is 0 Å². The van der Waals surface area contributed by atoms with Crippen molar-refractivity contribution >= 4 is 44.8 Å². The molecule has 2 atom stereocenters. The van der Waals surface area contributed by atoms with Crippen LogP contribution in [0.1, 0.15) is 22.7 Å². The quantitative estimate of drug-likeness (QED) is 0.475. The van der Waals surface area contributed by atoms with Gasteiger partial charge < -0.3 is 15.5 Å². The summed E-state index contributed by atoms with van der Waals surface area (Å²) in [6.45, 7) is 0. The topological polar surface area (TPSA) is 53.6 Å². The molecule has 2 N–H and O–H groups in total. The second-order valence-corrected chi connectivity index (χ2v) is 8.94. The van der Waals surface area contributed by atoms with Crippen molar-refractivity contribution in [2.24, 2.45) is 0 Å². The molecule has 31 heavy (non-hydrogen) atoms. The maximum absolute atomic E-state index is 13.5. The summed E-state index contributed by atoms with van der Waals surface area (Å²) in [5.74, 6) is -0.0366. The summed E-state index contributed by atoms with van der Waals surface area (Å²) in [6, 6.07) is 16.8. The van der Waals surface area contributed by atoms with Gasteiger partial charge in [-0.1, -0.05) is 27.5 Å². The van der Waals surface area contributed by atoms with Crippen molar-refractivity contribution in [3.8, 4) is 5.75 Å². The minimum Gasteiger partial charge on any atom is -0.457 e. The lowest BCUT2D eigenvalue weighted by molar-refractivity contribution is -0.165. The lowest BCUT2D eigenvalue weighted by atomic mass is 9.95. The van der Waals surface area contributed by atoms with Crippen molar-refractivity contribution in [2.45, 2.75) is 11.8 Å². The number of hydrazine groups is 1. The molecule has 0 bridgehead atoms. The molecule has 0 fully saturated rings. The van der Waals surface area contributed by atoms with Gasteiger partial charge in [0.2, 0.25) is 0 Å². The maximum atomic E-state index is 13.5. The molecule has 0 saturated heterocycles. The molecule has 0 aromatic heterocycles. The molecule has 0 saturated carbocycles. The van der Waals surface area contributed by atoms with Gasteiger partial charge >= 0.3 is 0 Å². The number of carbonyl (C=O) groups is 1. The number of halogens is 3. The third-order valence-corrected chi connectivity index (χ3v) is 6.52. The first-order valence-corrected chi connectivity index (χ1v) is 10.8. The lowest BCUT2D eigenvalue weighted by Gasteiger charge is -2.44. The zero-order valence-corrected chi connectivity index (χ0v) is 18.2. The van der Waals surface area contributed by atoms with Gasteiger partial charge in [0.25, 0.3) is 11.6 Å². The highest BCUT2D eigenvalue weighted by Gasteiger charge is 2.60. The summed E-state index contributed by atoms with van der Waals surface area (Å²) in [4.78, 5) is 13.4. The molecule has 3 heterocycles. The monoisotopic (exact) mass is 497 g/mol. The summed E-state index contributed by atoms with van der Waals surface area (Å²) in [6.07, 6.45) is 2.00. The minimum absolute atomic E-state index is 0.299. The van der Waals surface area contributed by atoms with Gasteiger partial charge in [-0.05, 0) is 72.3 Å². The standard InChI is InChI=1S/C23H14BrClFN3O2/c24-13-3-7-18-17(9-13)23(22(30)27-18)29-20(16-10-14(25)4-8-21(16)31-23)11-19(28-29)12-1-5-15(26)6-2-12/h1-11,20,28H,(H,27,30). The highest BCUT2D eigenvalue weighted by molar-refractivity contribution is 9.10. The van der Waals surface area contributed by atoms with Crippen LogP contribution in [0.25, 0.3) is 5.70 Å². The fourth-order valence-electron chi connectivity index (χ4n) is 4.39. The van der Waals surface area contributed by atoms with E-state index in [2.05, 4.69) is 26.7 Å². The summed E-state index contributed by atoms with van der Waals surface area (Å²) in [5.41, 5.74) is 5.66. The van der Waals surface area contributed by atoms with Crippen molar-refractivity contribution in [3.63, 3.8) is 0 Å². The number of amides is 1. The molecule has 3 aliphatic rings. The Labute approximate surface area is 190 Å². The number of nitrogens with one attached hydrogen (secondary N) is 2. The second kappa shape index (κ2) is 6.56. The molecule has 3 aromatic carbocycles. The van der Waals surface area contributed by atoms with E-state index in [1.54, 1.807) is 29.3 Å². The molecule has 6 rings (SSSR count). The SMILES string of the molecule is O=C1Nc2ccc(Br)cc2C12Oc1ccc(Cl)cc1C1C=C(c3ccc(F)cc3)NN12. The van der Waals surface area contributed by atoms with Crippen LogP contribution in [0.2, 0.25) is 5.02 Å². The van der Waals surface area contributed by atoms with Crippen molar-refractivity contribution in [2.75, 3.05) is 5.32 Å². The average Bonchev–Trinajstić information content (AvgIpc) is 3.31. The third kappa shape index (κ3) is 2.67. The van der Waals surface area contributed by atoms with Gasteiger partial charge in [-0.3, -0.25) is 4.79 Å². The largest absolute Gasteiger partial charge is 0.457 e. The number of ether oxygens (including phenoxy) is 1. The fraction of sp³-hybridized carbons (Fsp3) is 0.0870. The Morgan fingerprint density at radius 1 is 1.10 bits per heavy atom. The van der Waals surface area contributed by atoms with Crippen LogP contribution >= 0.6 is 27.5 Å². The summed E-state index contributed by atoms with van der Waals surface area (Å²) < 4.78 is 20.7. The van der Waals surface area contributed by atoms with Crippen LogP contribution in [0.4, 0.5) is 10.1 Å². The summed E-state index contributed by atoms with van der Waals surface area (Å²) >= 11 is 9.78. The zero-order valence-electron chi connectivity index (χ0n) is 15.8. The van der Waals surface area contributed by atoms with E-state index < -0.39 is 5.72 Å². The first kappa shape index (κ1) is 18.9. The van der Waals surface area contributed by atoms with Crippen LogP contribution in [0, 0.1) is 5.82 Å². The van der Waals surface area contributed by atoms with Crippen LogP contribution < -0.4 is 15.5 Å². The Morgan fingerprint density at radius 2 is 1.90 bits per heavy atom. The van der Waals surface area contributed by atoms with Gasteiger partial charge in [0.1, 0.15) is 11.6 Å². The Bertz CT molecular complexity index is 1300. The van der Waals surface area contributed by atoms with E-state index in [9.17, 15) is 9.18 Å². The molecule has 3 aromatic rings. The highest BCUT2D eigenvalue weighted by atomic mass is 79.9. The number of fused-ring (bicyclic) bond motifs is 6. The Hall–Kier alpha value is -2.87. The van der Waals surface area contributed by atoms with Crippen molar-refractivity contribution in [1.82, 2.24) is 10.4 Å². The van der Waals surface area contributed by atoms with Crippen molar-refractivity contribution < 1.29 is 13.9 Å². The molecule has 0 radical (unpaired) electrons. The zero-order chi connectivity index (χ0) is 21.3. The van der Waals surface area contributed by atoms with Crippen LogP contribution in [0.3, 0.4) is 0 Å². The van der Waals surface area contributed by atoms with Gasteiger partial charge in [-0.25, -0.2) is 4.39 Å². The predicted molar refractivity (Wildman–Crippen MR) is 119 cm³/mol. The maximum Gasteiger partial charge on any atom is 0.291 e. The van der Waals surface area contributed by atoms with Crippen LogP contribution in [-0.4, -0.2) is 10.9 Å². The lowest BCUT2D eigenvalue weighted by Crippen LogP contribution is -2.60. The molecule has 3 aliphatic heterocycles. The smallest absolute Gasteiger partial charge is 0.291 e. The number of anilines is 1. The highest BCUT2D eigenvalue weighted by Crippen LogP contribution is 2.53. The van der Waals surface area contributed by atoms with E-state index in [1.807, 2.05) is 30.3 Å². The first-order valence-electron chi connectivity index (χ1n) is 9.59.